The number of thiophene rings is 1. The molecule has 0 aliphatic carbocycles. The SMILES string of the molecule is O=S(=O)(NCCc1cccs1)c1cccc(C#CCO)c1. The Morgan fingerprint density at radius 2 is 2.10 bits per heavy atom. The Morgan fingerprint density at radius 3 is 2.81 bits per heavy atom. The first-order valence-electron chi connectivity index (χ1n) is 6.34. The van der Waals surface area contributed by atoms with Gasteiger partial charge in [-0.05, 0) is 36.1 Å². The number of hydrogen-bond acceptors (Lipinski definition) is 4. The van der Waals surface area contributed by atoms with E-state index in [1.807, 2.05) is 17.5 Å². The smallest absolute Gasteiger partial charge is 0.240 e. The normalized spacial score (nSPS) is 10.9. The van der Waals surface area contributed by atoms with Gasteiger partial charge >= 0.3 is 0 Å². The van der Waals surface area contributed by atoms with Gasteiger partial charge in [-0.3, -0.25) is 0 Å². The van der Waals surface area contributed by atoms with Crippen LogP contribution in [0.5, 0.6) is 0 Å². The van der Waals surface area contributed by atoms with Crippen LogP contribution in [0.1, 0.15) is 10.4 Å². The molecule has 0 saturated heterocycles. The molecule has 4 nitrogen and oxygen atoms in total. The largest absolute Gasteiger partial charge is 0.384 e. The van der Waals surface area contributed by atoms with Crippen molar-refractivity contribution in [3.63, 3.8) is 0 Å². The molecule has 110 valence electrons. The van der Waals surface area contributed by atoms with E-state index in [0.717, 1.165) is 4.88 Å². The van der Waals surface area contributed by atoms with Gasteiger partial charge in [0.25, 0.3) is 0 Å². The number of sulfonamides is 1. The number of aliphatic hydroxyl groups excluding tert-OH is 1. The van der Waals surface area contributed by atoms with Gasteiger partial charge in [0.15, 0.2) is 0 Å². The Hall–Kier alpha value is -1.65. The third kappa shape index (κ3) is 4.69. The maximum atomic E-state index is 12.2. The van der Waals surface area contributed by atoms with Gasteiger partial charge in [0.05, 0.1) is 4.90 Å². The average Bonchev–Trinajstić information content (AvgIpc) is 2.98. The first-order chi connectivity index (χ1) is 10.1. The molecule has 6 heteroatoms. The molecule has 2 N–H and O–H groups in total. The Morgan fingerprint density at radius 1 is 1.24 bits per heavy atom. The zero-order valence-corrected chi connectivity index (χ0v) is 12.9. The number of rotatable bonds is 5. The van der Waals surface area contributed by atoms with E-state index in [4.69, 9.17) is 5.11 Å². The summed E-state index contributed by atoms with van der Waals surface area (Å²) in [4.78, 5) is 1.32. The van der Waals surface area contributed by atoms with Crippen LogP contribution in [0, 0.1) is 11.8 Å². The summed E-state index contributed by atoms with van der Waals surface area (Å²) in [6, 6.07) is 10.3. The Labute approximate surface area is 128 Å². The van der Waals surface area contributed by atoms with Gasteiger partial charge in [0, 0.05) is 17.0 Å². The standard InChI is InChI=1S/C15H15NO3S2/c17-10-2-5-13-4-1-7-15(12-13)21(18,19)16-9-8-14-6-3-11-20-14/h1,3-4,6-7,11-12,16-17H,8-10H2. The van der Waals surface area contributed by atoms with Crippen molar-refractivity contribution in [3.05, 3.63) is 52.2 Å². The summed E-state index contributed by atoms with van der Waals surface area (Å²) < 4.78 is 26.9. The number of aliphatic hydroxyl groups is 1. The van der Waals surface area contributed by atoms with Gasteiger partial charge in [-0.2, -0.15) is 0 Å². The molecule has 0 unspecified atom stereocenters. The van der Waals surface area contributed by atoms with Crippen molar-refractivity contribution >= 4 is 21.4 Å². The second kappa shape index (κ2) is 7.38. The zero-order chi connectivity index (χ0) is 15.1. The van der Waals surface area contributed by atoms with Crippen LogP contribution in [0.15, 0.2) is 46.7 Å². The lowest BCUT2D eigenvalue weighted by Crippen LogP contribution is -2.25. The molecule has 0 spiro atoms. The maximum Gasteiger partial charge on any atom is 0.240 e. The van der Waals surface area contributed by atoms with E-state index in [1.165, 1.54) is 12.1 Å². The Balaban J connectivity index is 2.04. The van der Waals surface area contributed by atoms with Gasteiger partial charge < -0.3 is 5.11 Å². The fourth-order valence-corrected chi connectivity index (χ4v) is 3.52. The molecule has 0 saturated carbocycles. The molecule has 0 radical (unpaired) electrons. The minimum atomic E-state index is -3.54. The third-order valence-electron chi connectivity index (χ3n) is 2.70. The number of hydrogen-bond donors (Lipinski definition) is 2. The molecular formula is C15H15NO3S2. The lowest BCUT2D eigenvalue weighted by Gasteiger charge is -2.06. The molecular weight excluding hydrogens is 306 g/mol. The van der Waals surface area contributed by atoms with Crippen LogP contribution in [0.4, 0.5) is 0 Å². The summed E-state index contributed by atoms with van der Waals surface area (Å²) in [6.45, 7) is 0.103. The third-order valence-corrected chi connectivity index (χ3v) is 5.09. The van der Waals surface area contributed by atoms with E-state index < -0.39 is 10.0 Å². The summed E-state index contributed by atoms with van der Waals surface area (Å²) in [6.07, 6.45) is 0.668. The van der Waals surface area contributed by atoms with Crippen LogP contribution in [-0.2, 0) is 16.4 Å². The van der Waals surface area contributed by atoms with Crippen LogP contribution in [0.2, 0.25) is 0 Å². The highest BCUT2D eigenvalue weighted by atomic mass is 32.2. The van der Waals surface area contributed by atoms with Crippen molar-refractivity contribution in [1.29, 1.82) is 0 Å². The summed E-state index contributed by atoms with van der Waals surface area (Å²) in [5, 5.41) is 10.6. The number of nitrogens with one attached hydrogen (secondary N) is 1. The van der Waals surface area contributed by atoms with Crippen molar-refractivity contribution in [3.8, 4) is 11.8 Å². The lowest BCUT2D eigenvalue weighted by atomic mass is 10.2. The molecule has 1 aromatic heterocycles. The molecule has 0 amide bonds. The van der Waals surface area contributed by atoms with E-state index in [-0.39, 0.29) is 11.5 Å². The van der Waals surface area contributed by atoms with Crippen molar-refractivity contribution in [1.82, 2.24) is 4.72 Å². The molecule has 1 aromatic carbocycles. The minimum Gasteiger partial charge on any atom is -0.384 e. The van der Waals surface area contributed by atoms with Crippen molar-refractivity contribution < 1.29 is 13.5 Å². The topological polar surface area (TPSA) is 66.4 Å². The van der Waals surface area contributed by atoms with E-state index in [0.29, 0.717) is 18.5 Å². The van der Waals surface area contributed by atoms with Crippen molar-refractivity contribution in [2.24, 2.45) is 0 Å². The van der Waals surface area contributed by atoms with E-state index in [9.17, 15) is 8.42 Å². The van der Waals surface area contributed by atoms with E-state index in [2.05, 4.69) is 16.6 Å². The van der Waals surface area contributed by atoms with Crippen LogP contribution < -0.4 is 4.72 Å². The highest BCUT2D eigenvalue weighted by Gasteiger charge is 2.13. The molecule has 1 heterocycles. The second-order valence-corrected chi connectivity index (χ2v) is 7.01. The highest BCUT2D eigenvalue weighted by molar-refractivity contribution is 7.89. The fourth-order valence-electron chi connectivity index (χ4n) is 1.73. The summed E-state index contributed by atoms with van der Waals surface area (Å²) in [5.74, 6) is 5.19. The molecule has 0 atom stereocenters. The van der Waals surface area contributed by atoms with Crippen molar-refractivity contribution in [2.45, 2.75) is 11.3 Å². The Bertz CT molecular complexity index is 741. The van der Waals surface area contributed by atoms with Crippen LogP contribution in [0.3, 0.4) is 0 Å². The predicted molar refractivity (Wildman–Crippen MR) is 83.6 cm³/mol. The van der Waals surface area contributed by atoms with E-state index in [1.54, 1.807) is 23.5 Å². The number of benzene rings is 1. The molecule has 2 aromatic rings. The van der Waals surface area contributed by atoms with Gasteiger partial charge in [0.1, 0.15) is 6.61 Å². The van der Waals surface area contributed by atoms with Gasteiger partial charge in [0.2, 0.25) is 10.0 Å². The molecule has 0 fully saturated rings. The molecule has 0 aliphatic heterocycles. The molecule has 0 aliphatic rings. The van der Waals surface area contributed by atoms with Crippen LogP contribution in [-0.4, -0.2) is 26.7 Å². The van der Waals surface area contributed by atoms with E-state index >= 15 is 0 Å². The first-order valence-corrected chi connectivity index (χ1v) is 8.70. The monoisotopic (exact) mass is 321 g/mol. The van der Waals surface area contributed by atoms with Crippen LogP contribution >= 0.6 is 11.3 Å². The molecule has 0 bridgehead atoms. The van der Waals surface area contributed by atoms with Crippen molar-refractivity contribution in [2.75, 3.05) is 13.2 Å². The predicted octanol–water partition coefficient (Wildman–Crippen LogP) is 1.61. The maximum absolute atomic E-state index is 12.2. The lowest BCUT2D eigenvalue weighted by molar-refractivity contribution is 0.350. The Kier molecular flexibility index (Phi) is 5.53. The van der Waals surface area contributed by atoms with Crippen LogP contribution in [0.25, 0.3) is 0 Å². The van der Waals surface area contributed by atoms with Gasteiger partial charge in [-0.1, -0.05) is 24.0 Å². The highest BCUT2D eigenvalue weighted by Crippen LogP contribution is 2.12. The molecule has 21 heavy (non-hydrogen) atoms. The van der Waals surface area contributed by atoms with Gasteiger partial charge in [-0.25, -0.2) is 13.1 Å². The van der Waals surface area contributed by atoms with Gasteiger partial charge in [-0.15, -0.1) is 11.3 Å². The zero-order valence-electron chi connectivity index (χ0n) is 11.2. The summed E-state index contributed by atoms with van der Waals surface area (Å²) in [5.41, 5.74) is 0.560. The second-order valence-electron chi connectivity index (χ2n) is 4.21. The quantitative estimate of drug-likeness (QED) is 0.822. The summed E-state index contributed by atoms with van der Waals surface area (Å²) >= 11 is 1.60. The average molecular weight is 321 g/mol. The first kappa shape index (κ1) is 15.7. The minimum absolute atomic E-state index is 0.179. The summed E-state index contributed by atoms with van der Waals surface area (Å²) in [7, 11) is -3.54. The molecule has 2 rings (SSSR count). The fraction of sp³-hybridized carbons (Fsp3) is 0.200.